The summed E-state index contributed by atoms with van der Waals surface area (Å²) in [7, 11) is 0. The van der Waals surface area contributed by atoms with Crippen LogP contribution in [0.4, 0.5) is 107 Å². The van der Waals surface area contributed by atoms with Gasteiger partial charge in [-0.25, -0.2) is 4.79 Å². The highest BCUT2D eigenvalue weighted by molar-refractivity contribution is 5.95. The van der Waals surface area contributed by atoms with Crippen LogP contribution in [0.25, 0.3) is 0 Å². The van der Waals surface area contributed by atoms with Crippen molar-refractivity contribution in [1.29, 1.82) is 0 Å². The Morgan fingerprint density at radius 3 is 1.30 bits per heavy atom. The van der Waals surface area contributed by atoms with E-state index in [-0.39, 0.29) is 18.2 Å². The Bertz CT molecular complexity index is 1480. The van der Waals surface area contributed by atoms with Gasteiger partial charge in [0.2, 0.25) is 6.08 Å². The van der Waals surface area contributed by atoms with Gasteiger partial charge in [0.05, 0.1) is 5.69 Å². The van der Waals surface area contributed by atoms with Crippen LogP contribution in [0.1, 0.15) is 29.3 Å². The first-order valence-corrected chi connectivity index (χ1v) is 12.1. The monoisotopic (exact) mass is 786 g/mol. The van der Waals surface area contributed by atoms with Gasteiger partial charge in [-0.05, 0) is 31.5 Å². The van der Waals surface area contributed by atoms with Gasteiger partial charge in [0.1, 0.15) is 0 Å². The molecule has 1 unspecified atom stereocenters. The number of hydrogen-bond acceptors (Lipinski definition) is 3. The van der Waals surface area contributed by atoms with E-state index in [0.29, 0.717) is 6.07 Å². The second-order valence-corrected chi connectivity index (χ2v) is 10.2. The average Bonchev–Trinajstić information content (AvgIpc) is 2.92. The van der Waals surface area contributed by atoms with Crippen molar-refractivity contribution in [1.82, 2.24) is 5.32 Å². The molecule has 0 spiro atoms. The first-order valence-electron chi connectivity index (χ1n) is 12.1. The van der Waals surface area contributed by atoms with Crippen LogP contribution < -0.4 is 5.32 Å². The summed E-state index contributed by atoms with van der Waals surface area (Å²) in [6.45, 7) is 1.46. The quantitative estimate of drug-likeness (QED) is 0.116. The van der Waals surface area contributed by atoms with Crippen LogP contribution in [0.15, 0.2) is 23.2 Å². The van der Waals surface area contributed by atoms with Crippen LogP contribution in [0, 0.1) is 6.92 Å². The predicted octanol–water partition coefficient (Wildman–Crippen LogP) is 9.39. The molecule has 288 valence electrons. The van der Waals surface area contributed by atoms with Crippen LogP contribution in [0.3, 0.4) is 0 Å². The normalized spacial score (nSPS) is 15.8. The van der Waals surface area contributed by atoms with Crippen LogP contribution in [0.2, 0.25) is 0 Å². The number of amides is 1. The molecule has 50 heavy (non-hydrogen) atoms. The largest absolute Gasteiger partial charge is 0.460 e. The molecule has 0 saturated carbocycles. The maximum atomic E-state index is 14.3. The number of halogens is 23. The number of benzene rings is 1. The molecule has 1 rings (SSSR count). The van der Waals surface area contributed by atoms with Crippen molar-refractivity contribution < 1.29 is 111 Å². The molecule has 1 amide bonds. The van der Waals surface area contributed by atoms with E-state index in [1.165, 1.54) is 12.2 Å². The van der Waals surface area contributed by atoms with Crippen LogP contribution in [0.5, 0.6) is 0 Å². The van der Waals surface area contributed by atoms with Crippen LogP contribution in [-0.2, 0) is 4.79 Å². The SMILES string of the molecule is Cc1ccc(C(=O)NC(C)CC(F)(F)C(F)(F)C(F)(F)C(F)(F)C(F)(F)C(F)(F)C(F)(F)C(F)(F)C(F)(F)C(F)(F)C(F)(F)F)cc1N=C=O. The van der Waals surface area contributed by atoms with Crippen molar-refractivity contribution in [2.75, 3.05) is 0 Å². The predicted molar refractivity (Wildman–Crippen MR) is 116 cm³/mol. The summed E-state index contributed by atoms with van der Waals surface area (Å²) in [5.41, 5.74) is -0.872. The van der Waals surface area contributed by atoms with Crippen molar-refractivity contribution in [3.05, 3.63) is 29.3 Å². The lowest BCUT2D eigenvalue weighted by Gasteiger charge is -2.45. The summed E-state index contributed by atoms with van der Waals surface area (Å²) in [5, 5.41) is 1.34. The Balaban J connectivity index is 3.61. The first-order chi connectivity index (χ1) is 21.7. The van der Waals surface area contributed by atoms with Gasteiger partial charge in [0.25, 0.3) is 5.91 Å². The van der Waals surface area contributed by atoms with E-state index >= 15 is 0 Å². The lowest BCUT2D eigenvalue weighted by Crippen LogP contribution is -2.77. The highest BCUT2D eigenvalue weighted by atomic mass is 19.4. The van der Waals surface area contributed by atoms with Crippen LogP contribution >= 0.6 is 0 Å². The number of rotatable bonds is 14. The fourth-order valence-electron chi connectivity index (χ4n) is 3.58. The summed E-state index contributed by atoms with van der Waals surface area (Å²) < 4.78 is 312. The lowest BCUT2D eigenvalue weighted by molar-refractivity contribution is -0.478. The molecule has 0 radical (unpaired) electrons. The molecular formula is C23H13F23N2O2. The molecular weight excluding hydrogens is 773 g/mol. The third-order valence-corrected chi connectivity index (χ3v) is 6.55. The maximum Gasteiger partial charge on any atom is 0.460 e. The van der Waals surface area contributed by atoms with Crippen LogP contribution in [-0.4, -0.2) is 83.4 Å². The number of aliphatic imine (C=N–C) groups is 1. The summed E-state index contributed by atoms with van der Waals surface area (Å²) in [6.07, 6.45) is -10.2. The Morgan fingerprint density at radius 1 is 0.620 bits per heavy atom. The second-order valence-electron chi connectivity index (χ2n) is 10.2. The standard InChI is InChI=1S/C23H13F23N2O2/c1-8-3-4-10(5-11(8)47-7-49)12(50)48-9(2)6-13(24,25)14(26,27)15(28,29)16(30,31)17(32,33)18(34,35)19(36,37)20(38,39)21(40,41)22(42,43)23(44,45)46/h3-5,9H,6H2,1-2H3,(H,48,50). The third-order valence-electron chi connectivity index (χ3n) is 6.55. The van der Waals surface area contributed by atoms with Gasteiger partial charge in [-0.2, -0.15) is 106 Å². The van der Waals surface area contributed by atoms with Gasteiger partial charge in [0, 0.05) is 18.0 Å². The zero-order valence-electron chi connectivity index (χ0n) is 23.5. The molecule has 27 heteroatoms. The number of isocyanates is 1. The van der Waals surface area contributed by atoms with Gasteiger partial charge in [-0.15, -0.1) is 0 Å². The number of nitrogens with zero attached hydrogens (tertiary/aromatic N) is 1. The van der Waals surface area contributed by atoms with E-state index in [4.69, 9.17) is 0 Å². The zero-order chi connectivity index (χ0) is 40.3. The molecule has 0 heterocycles. The molecule has 1 N–H and O–H groups in total. The molecule has 1 atom stereocenters. The van der Waals surface area contributed by atoms with Crippen molar-refractivity contribution in [2.24, 2.45) is 4.99 Å². The molecule has 0 aromatic heterocycles. The Hall–Kier alpha value is -3.54. The summed E-state index contributed by atoms with van der Waals surface area (Å²) >= 11 is 0. The van der Waals surface area contributed by atoms with Gasteiger partial charge in [0.15, 0.2) is 0 Å². The van der Waals surface area contributed by atoms with E-state index in [1.807, 2.05) is 0 Å². The Morgan fingerprint density at radius 2 is 0.960 bits per heavy atom. The lowest BCUT2D eigenvalue weighted by atomic mass is 9.84. The van der Waals surface area contributed by atoms with E-state index in [0.717, 1.165) is 18.2 Å². The average molecular weight is 786 g/mol. The summed E-state index contributed by atoms with van der Waals surface area (Å²) in [5.74, 6) is -90.1. The Kier molecular flexibility index (Phi) is 11.2. The van der Waals surface area contributed by atoms with Gasteiger partial charge in [-0.1, -0.05) is 6.07 Å². The smallest absolute Gasteiger partial charge is 0.349 e. The molecule has 1 aromatic rings. The van der Waals surface area contributed by atoms with Crippen molar-refractivity contribution in [2.45, 2.75) is 91.7 Å². The van der Waals surface area contributed by atoms with Crippen molar-refractivity contribution in [3.63, 3.8) is 0 Å². The van der Waals surface area contributed by atoms with Gasteiger partial charge in [-0.3, -0.25) is 4.79 Å². The van der Waals surface area contributed by atoms with Gasteiger partial charge >= 0.3 is 65.4 Å². The number of aryl methyl sites for hydroxylation is 1. The Labute approximate surface area is 260 Å². The number of nitrogens with one attached hydrogen (secondary N) is 1. The highest BCUT2D eigenvalue weighted by Gasteiger charge is 2.98. The van der Waals surface area contributed by atoms with E-state index < -0.39 is 89.3 Å². The minimum absolute atomic E-state index is 0.143. The van der Waals surface area contributed by atoms with Gasteiger partial charge < -0.3 is 5.32 Å². The third kappa shape index (κ3) is 6.30. The molecule has 0 aliphatic heterocycles. The first kappa shape index (κ1) is 44.5. The second kappa shape index (κ2) is 12.6. The van der Waals surface area contributed by atoms with E-state index in [2.05, 4.69) is 4.99 Å². The molecule has 0 aliphatic carbocycles. The molecule has 0 bridgehead atoms. The molecule has 0 fully saturated rings. The topological polar surface area (TPSA) is 58.5 Å². The minimum atomic E-state index is -9.48. The zero-order valence-corrected chi connectivity index (χ0v) is 23.5. The molecule has 4 nitrogen and oxygen atoms in total. The number of alkyl halides is 23. The summed E-state index contributed by atoms with van der Waals surface area (Å²) in [4.78, 5) is 25.7. The van der Waals surface area contributed by atoms with E-state index in [9.17, 15) is 111 Å². The minimum Gasteiger partial charge on any atom is -0.349 e. The molecule has 0 aliphatic rings. The van der Waals surface area contributed by atoms with Crippen molar-refractivity contribution >= 4 is 17.7 Å². The number of hydrogen-bond donors (Lipinski definition) is 1. The summed E-state index contributed by atoms with van der Waals surface area (Å²) in [6, 6.07) is -0.135. The number of carbonyl (C=O) groups excluding carboxylic acids is 2. The maximum absolute atomic E-state index is 14.3. The fourth-order valence-corrected chi connectivity index (χ4v) is 3.58. The van der Waals surface area contributed by atoms with Crippen molar-refractivity contribution in [3.8, 4) is 0 Å². The molecule has 1 aromatic carbocycles. The molecule has 0 saturated heterocycles. The van der Waals surface area contributed by atoms with E-state index in [1.54, 1.807) is 0 Å². The number of carbonyl (C=O) groups is 1. The highest BCUT2D eigenvalue weighted by Crippen LogP contribution is 2.67. The fraction of sp³-hybridized carbons (Fsp3) is 0.652.